The molecule has 0 aromatic heterocycles. The van der Waals surface area contributed by atoms with Crippen molar-refractivity contribution in [1.82, 2.24) is 10.2 Å². The molecule has 3 atom stereocenters. The molecule has 3 unspecified atom stereocenters. The van der Waals surface area contributed by atoms with Crippen molar-refractivity contribution < 1.29 is 27.6 Å². The molecule has 0 bridgehead atoms. The molecule has 3 rings (SSSR count). The second kappa shape index (κ2) is 7.81. The van der Waals surface area contributed by atoms with E-state index in [-0.39, 0.29) is 17.4 Å². The summed E-state index contributed by atoms with van der Waals surface area (Å²) in [6.07, 6.45) is -2.82. The number of carbonyl (C=O) groups is 3. The second-order valence-corrected chi connectivity index (χ2v) is 7.38. The molecule has 1 aromatic rings. The van der Waals surface area contributed by atoms with Gasteiger partial charge in [0, 0.05) is 23.7 Å². The van der Waals surface area contributed by atoms with Crippen LogP contribution in [-0.2, 0) is 9.59 Å². The van der Waals surface area contributed by atoms with E-state index < -0.39 is 30.6 Å². The van der Waals surface area contributed by atoms with Crippen molar-refractivity contribution in [3.63, 3.8) is 0 Å². The lowest BCUT2D eigenvalue weighted by Crippen LogP contribution is -2.48. The van der Waals surface area contributed by atoms with Crippen LogP contribution < -0.4 is 10.6 Å². The van der Waals surface area contributed by atoms with Gasteiger partial charge in [0.1, 0.15) is 12.6 Å². The topological polar surface area (TPSA) is 78.5 Å². The van der Waals surface area contributed by atoms with E-state index in [4.69, 9.17) is 0 Å². The molecule has 1 aliphatic carbocycles. The fourth-order valence-electron chi connectivity index (χ4n) is 3.41. The molecule has 1 saturated heterocycles. The molecule has 152 valence electrons. The number of amides is 3. The average molecular weight is 397 g/mol. The molecule has 1 saturated carbocycles. The smallest absolute Gasteiger partial charge is 0.345 e. The van der Waals surface area contributed by atoms with Gasteiger partial charge >= 0.3 is 6.18 Å². The van der Waals surface area contributed by atoms with Crippen LogP contribution >= 0.6 is 0 Å². The number of likely N-dealkylation sites (tertiary alicyclic amines) is 1. The summed E-state index contributed by atoms with van der Waals surface area (Å²) in [5, 5.41) is 4.62. The Bertz CT molecular complexity index is 781. The van der Waals surface area contributed by atoms with E-state index in [1.807, 2.05) is 12.2 Å². The maximum Gasteiger partial charge on any atom is 0.405 e. The molecule has 1 aliphatic heterocycles. The van der Waals surface area contributed by atoms with Gasteiger partial charge in [-0.2, -0.15) is 13.2 Å². The maximum absolute atomic E-state index is 12.8. The third kappa shape index (κ3) is 4.82. The van der Waals surface area contributed by atoms with Crippen LogP contribution in [0.5, 0.6) is 0 Å². The van der Waals surface area contributed by atoms with Gasteiger partial charge in [-0.25, -0.2) is 0 Å². The number of alkyl halides is 3. The van der Waals surface area contributed by atoms with Gasteiger partial charge in [-0.15, -0.1) is 0 Å². The van der Waals surface area contributed by atoms with Gasteiger partial charge in [0.15, 0.2) is 0 Å². The van der Waals surface area contributed by atoms with Crippen LogP contribution in [-0.4, -0.2) is 47.9 Å². The summed E-state index contributed by atoms with van der Waals surface area (Å²) in [5.41, 5.74) is 0.754. The molecule has 2 N–H and O–H groups in total. The Balaban J connectivity index is 1.66. The second-order valence-electron chi connectivity index (χ2n) is 7.38. The normalized spacial score (nSPS) is 24.0. The summed E-state index contributed by atoms with van der Waals surface area (Å²) >= 11 is 0. The minimum atomic E-state index is -4.51. The summed E-state index contributed by atoms with van der Waals surface area (Å²) in [5.74, 6) is -1.01. The SMILES string of the molecule is CC1CC1C(=O)Nc1cccc(C(=O)N2CCCC2C(=O)NCC(F)(F)F)c1. The zero-order valence-corrected chi connectivity index (χ0v) is 15.4. The predicted molar refractivity (Wildman–Crippen MR) is 95.5 cm³/mol. The Hall–Kier alpha value is -2.58. The molecular formula is C19H22F3N3O3. The Morgan fingerprint density at radius 2 is 1.93 bits per heavy atom. The average Bonchev–Trinajstić information content (AvgIpc) is 3.17. The van der Waals surface area contributed by atoms with Crippen LogP contribution in [0.3, 0.4) is 0 Å². The van der Waals surface area contributed by atoms with Crippen molar-refractivity contribution in [3.8, 4) is 0 Å². The summed E-state index contributed by atoms with van der Waals surface area (Å²) in [7, 11) is 0. The molecule has 0 spiro atoms. The first kappa shape index (κ1) is 20.2. The molecule has 28 heavy (non-hydrogen) atoms. The van der Waals surface area contributed by atoms with E-state index in [9.17, 15) is 27.6 Å². The van der Waals surface area contributed by atoms with Gasteiger partial charge in [0.05, 0.1) is 0 Å². The lowest BCUT2D eigenvalue weighted by molar-refractivity contribution is -0.140. The van der Waals surface area contributed by atoms with Gasteiger partial charge < -0.3 is 15.5 Å². The van der Waals surface area contributed by atoms with E-state index in [0.29, 0.717) is 31.0 Å². The van der Waals surface area contributed by atoms with Gasteiger partial charge in [-0.3, -0.25) is 14.4 Å². The minimum Gasteiger partial charge on any atom is -0.345 e. The molecule has 0 radical (unpaired) electrons. The van der Waals surface area contributed by atoms with E-state index in [0.717, 1.165) is 6.42 Å². The Morgan fingerprint density at radius 3 is 2.57 bits per heavy atom. The van der Waals surface area contributed by atoms with Crippen molar-refractivity contribution >= 4 is 23.4 Å². The van der Waals surface area contributed by atoms with E-state index in [1.54, 1.807) is 18.2 Å². The van der Waals surface area contributed by atoms with Gasteiger partial charge in [-0.05, 0) is 43.4 Å². The van der Waals surface area contributed by atoms with Crippen molar-refractivity contribution in [2.24, 2.45) is 11.8 Å². The minimum absolute atomic E-state index is 0.0142. The first-order valence-electron chi connectivity index (χ1n) is 9.22. The quantitative estimate of drug-likeness (QED) is 0.802. The molecule has 9 heteroatoms. The lowest BCUT2D eigenvalue weighted by atomic mass is 10.1. The van der Waals surface area contributed by atoms with E-state index in [1.165, 1.54) is 11.0 Å². The number of anilines is 1. The number of halogens is 3. The van der Waals surface area contributed by atoms with Gasteiger partial charge in [0.2, 0.25) is 11.8 Å². The first-order valence-corrected chi connectivity index (χ1v) is 9.22. The summed E-state index contributed by atoms with van der Waals surface area (Å²) < 4.78 is 37.0. The fraction of sp³-hybridized carbons (Fsp3) is 0.526. The zero-order chi connectivity index (χ0) is 20.5. The van der Waals surface area contributed by atoms with Crippen LogP contribution in [0.4, 0.5) is 18.9 Å². The van der Waals surface area contributed by atoms with E-state index in [2.05, 4.69) is 5.32 Å². The summed E-state index contributed by atoms with van der Waals surface area (Å²) in [6, 6.07) is 5.44. The van der Waals surface area contributed by atoms with Crippen LogP contribution in [0.15, 0.2) is 24.3 Å². The van der Waals surface area contributed by atoms with Gasteiger partial charge in [-0.1, -0.05) is 13.0 Å². The number of nitrogens with zero attached hydrogens (tertiary/aromatic N) is 1. The van der Waals surface area contributed by atoms with Crippen molar-refractivity contribution in [2.45, 2.75) is 38.4 Å². The molecule has 1 heterocycles. The highest BCUT2D eigenvalue weighted by atomic mass is 19.4. The highest BCUT2D eigenvalue weighted by Gasteiger charge is 2.39. The monoisotopic (exact) mass is 397 g/mol. The predicted octanol–water partition coefficient (Wildman–Crippen LogP) is 2.56. The maximum atomic E-state index is 12.8. The first-order chi connectivity index (χ1) is 13.2. The number of hydrogen-bond donors (Lipinski definition) is 2. The molecule has 6 nitrogen and oxygen atoms in total. The highest BCUT2D eigenvalue weighted by molar-refractivity contribution is 6.00. The Morgan fingerprint density at radius 1 is 1.21 bits per heavy atom. The van der Waals surface area contributed by atoms with Crippen molar-refractivity contribution in [3.05, 3.63) is 29.8 Å². The third-order valence-corrected chi connectivity index (χ3v) is 5.10. The zero-order valence-electron chi connectivity index (χ0n) is 15.4. The van der Waals surface area contributed by atoms with Crippen molar-refractivity contribution in [2.75, 3.05) is 18.4 Å². The number of benzene rings is 1. The molecular weight excluding hydrogens is 375 g/mol. The fourth-order valence-corrected chi connectivity index (χ4v) is 3.41. The van der Waals surface area contributed by atoms with Gasteiger partial charge in [0.25, 0.3) is 5.91 Å². The highest BCUT2D eigenvalue weighted by Crippen LogP contribution is 2.38. The number of carbonyl (C=O) groups excluding carboxylic acids is 3. The molecule has 2 fully saturated rings. The number of nitrogens with one attached hydrogen (secondary N) is 2. The molecule has 3 amide bonds. The number of rotatable bonds is 5. The number of hydrogen-bond acceptors (Lipinski definition) is 3. The third-order valence-electron chi connectivity index (χ3n) is 5.10. The van der Waals surface area contributed by atoms with Crippen LogP contribution in [0, 0.1) is 11.8 Å². The molecule has 1 aromatic carbocycles. The largest absolute Gasteiger partial charge is 0.405 e. The Kier molecular flexibility index (Phi) is 5.62. The van der Waals surface area contributed by atoms with E-state index >= 15 is 0 Å². The lowest BCUT2D eigenvalue weighted by Gasteiger charge is -2.24. The summed E-state index contributed by atoms with van der Waals surface area (Å²) in [6.45, 7) is 0.853. The van der Waals surface area contributed by atoms with Crippen LogP contribution in [0.1, 0.15) is 36.5 Å². The van der Waals surface area contributed by atoms with Crippen molar-refractivity contribution in [1.29, 1.82) is 0 Å². The summed E-state index contributed by atoms with van der Waals surface area (Å²) in [4.78, 5) is 38.3. The van der Waals surface area contributed by atoms with Crippen LogP contribution in [0.2, 0.25) is 0 Å². The Labute approximate surface area is 160 Å². The standard InChI is InChI=1S/C19H22F3N3O3/c1-11-8-14(11)16(26)24-13-5-2-4-12(9-13)18(28)25-7-3-6-15(25)17(27)23-10-19(20,21)22/h2,4-5,9,11,14-15H,3,6-8,10H2,1H3,(H,23,27)(H,24,26). The van der Waals surface area contributed by atoms with Crippen LogP contribution in [0.25, 0.3) is 0 Å². The molecule has 2 aliphatic rings.